The molecular weight excluding hydrogens is 250 g/mol. The minimum Gasteiger partial charge on any atom is -0.399 e. The molecule has 110 valence electrons. The molecule has 1 aliphatic heterocycles. The lowest BCUT2D eigenvalue weighted by Gasteiger charge is -2.37. The van der Waals surface area contributed by atoms with Gasteiger partial charge in [-0.1, -0.05) is 32.9 Å². The molecule has 4 heteroatoms. The standard InChI is InChI=1S/C16H25N3O/c1-16(2,3)15(20)19-10-8-18(9-11-19)12-13-4-6-14(17)7-5-13/h4-7H,8-12,17H2,1-3H3. The van der Waals surface area contributed by atoms with Crippen LogP contribution in [0.25, 0.3) is 0 Å². The van der Waals surface area contributed by atoms with Crippen molar-refractivity contribution in [2.24, 2.45) is 5.41 Å². The van der Waals surface area contributed by atoms with E-state index in [1.165, 1.54) is 5.56 Å². The topological polar surface area (TPSA) is 49.6 Å². The largest absolute Gasteiger partial charge is 0.399 e. The molecule has 0 spiro atoms. The van der Waals surface area contributed by atoms with E-state index in [1.807, 2.05) is 37.8 Å². The van der Waals surface area contributed by atoms with Gasteiger partial charge < -0.3 is 10.6 Å². The molecule has 0 aromatic heterocycles. The van der Waals surface area contributed by atoms with E-state index in [0.717, 1.165) is 38.4 Å². The van der Waals surface area contributed by atoms with Gasteiger partial charge in [-0.05, 0) is 17.7 Å². The maximum Gasteiger partial charge on any atom is 0.228 e. The molecule has 20 heavy (non-hydrogen) atoms. The van der Waals surface area contributed by atoms with Gasteiger partial charge in [0.2, 0.25) is 5.91 Å². The third kappa shape index (κ3) is 3.73. The van der Waals surface area contributed by atoms with E-state index >= 15 is 0 Å². The number of hydrogen-bond donors (Lipinski definition) is 1. The fourth-order valence-corrected chi connectivity index (χ4v) is 2.46. The van der Waals surface area contributed by atoms with Crippen molar-refractivity contribution >= 4 is 11.6 Å². The van der Waals surface area contributed by atoms with Gasteiger partial charge in [0, 0.05) is 43.8 Å². The molecule has 0 atom stereocenters. The Labute approximate surface area is 121 Å². The van der Waals surface area contributed by atoms with Crippen LogP contribution in [0.1, 0.15) is 26.3 Å². The molecule has 1 aromatic rings. The van der Waals surface area contributed by atoms with Gasteiger partial charge in [-0.15, -0.1) is 0 Å². The van der Waals surface area contributed by atoms with Gasteiger partial charge in [0.25, 0.3) is 0 Å². The predicted molar refractivity (Wildman–Crippen MR) is 82.2 cm³/mol. The van der Waals surface area contributed by atoms with Gasteiger partial charge in [0.05, 0.1) is 0 Å². The Morgan fingerprint density at radius 1 is 1.10 bits per heavy atom. The molecule has 2 rings (SSSR count). The third-order valence-electron chi connectivity index (χ3n) is 3.69. The van der Waals surface area contributed by atoms with Gasteiger partial charge >= 0.3 is 0 Å². The summed E-state index contributed by atoms with van der Waals surface area (Å²) in [7, 11) is 0. The Bertz CT molecular complexity index is 454. The summed E-state index contributed by atoms with van der Waals surface area (Å²) in [6.07, 6.45) is 0. The fourth-order valence-electron chi connectivity index (χ4n) is 2.46. The van der Waals surface area contributed by atoms with Crippen molar-refractivity contribution in [3.8, 4) is 0 Å². The molecule has 1 amide bonds. The van der Waals surface area contributed by atoms with Crippen molar-refractivity contribution in [3.63, 3.8) is 0 Å². The van der Waals surface area contributed by atoms with Crippen LogP contribution in [-0.4, -0.2) is 41.9 Å². The highest BCUT2D eigenvalue weighted by molar-refractivity contribution is 5.81. The van der Waals surface area contributed by atoms with Crippen LogP contribution in [0.5, 0.6) is 0 Å². The van der Waals surface area contributed by atoms with Crippen molar-refractivity contribution < 1.29 is 4.79 Å². The summed E-state index contributed by atoms with van der Waals surface area (Å²) in [6, 6.07) is 8.02. The summed E-state index contributed by atoms with van der Waals surface area (Å²) in [5, 5.41) is 0. The number of hydrogen-bond acceptors (Lipinski definition) is 3. The Hall–Kier alpha value is -1.55. The molecule has 1 saturated heterocycles. The van der Waals surface area contributed by atoms with E-state index in [-0.39, 0.29) is 11.3 Å². The van der Waals surface area contributed by atoms with Gasteiger partial charge in [-0.2, -0.15) is 0 Å². The number of carbonyl (C=O) groups excluding carboxylic acids is 1. The molecule has 0 unspecified atom stereocenters. The summed E-state index contributed by atoms with van der Waals surface area (Å²) in [4.78, 5) is 16.6. The second-order valence-corrected chi connectivity index (χ2v) is 6.56. The molecule has 1 aromatic carbocycles. The van der Waals surface area contributed by atoms with Crippen LogP contribution in [0.4, 0.5) is 5.69 Å². The molecule has 1 fully saturated rings. The van der Waals surface area contributed by atoms with Crippen LogP contribution >= 0.6 is 0 Å². The van der Waals surface area contributed by atoms with Crippen molar-refractivity contribution in [3.05, 3.63) is 29.8 Å². The molecule has 0 bridgehead atoms. The van der Waals surface area contributed by atoms with Crippen molar-refractivity contribution in [1.82, 2.24) is 9.80 Å². The Morgan fingerprint density at radius 3 is 2.15 bits per heavy atom. The van der Waals surface area contributed by atoms with Crippen molar-refractivity contribution in [1.29, 1.82) is 0 Å². The molecular formula is C16H25N3O. The van der Waals surface area contributed by atoms with Crippen molar-refractivity contribution in [2.45, 2.75) is 27.3 Å². The first-order valence-electron chi connectivity index (χ1n) is 7.22. The van der Waals surface area contributed by atoms with Crippen molar-refractivity contribution in [2.75, 3.05) is 31.9 Å². The van der Waals surface area contributed by atoms with E-state index in [0.29, 0.717) is 0 Å². The number of nitrogens with zero attached hydrogens (tertiary/aromatic N) is 2. The number of benzene rings is 1. The lowest BCUT2D eigenvalue weighted by molar-refractivity contribution is -0.141. The molecule has 0 saturated carbocycles. The minimum absolute atomic E-state index is 0.254. The predicted octanol–water partition coefficient (Wildman–Crippen LogP) is 1.96. The van der Waals surface area contributed by atoms with E-state index in [2.05, 4.69) is 17.0 Å². The number of nitrogen functional groups attached to an aromatic ring is 1. The maximum atomic E-state index is 12.2. The van der Waals surface area contributed by atoms with Gasteiger partial charge in [0.1, 0.15) is 0 Å². The zero-order chi connectivity index (χ0) is 14.8. The lowest BCUT2D eigenvalue weighted by Crippen LogP contribution is -2.51. The maximum absolute atomic E-state index is 12.2. The first-order valence-corrected chi connectivity index (χ1v) is 7.22. The number of amides is 1. The van der Waals surface area contributed by atoms with Crippen LogP contribution in [0.15, 0.2) is 24.3 Å². The average Bonchev–Trinajstić information content (AvgIpc) is 2.40. The highest BCUT2D eigenvalue weighted by Gasteiger charge is 2.29. The van der Waals surface area contributed by atoms with Gasteiger partial charge in [0.15, 0.2) is 0 Å². The quantitative estimate of drug-likeness (QED) is 0.839. The van der Waals surface area contributed by atoms with Crippen LogP contribution < -0.4 is 5.73 Å². The van der Waals surface area contributed by atoms with Gasteiger partial charge in [-0.3, -0.25) is 9.69 Å². The average molecular weight is 275 g/mol. The zero-order valence-corrected chi connectivity index (χ0v) is 12.7. The summed E-state index contributed by atoms with van der Waals surface area (Å²) in [6.45, 7) is 10.4. The Morgan fingerprint density at radius 2 is 1.65 bits per heavy atom. The second kappa shape index (κ2) is 5.83. The van der Waals surface area contributed by atoms with E-state index in [1.54, 1.807) is 0 Å². The highest BCUT2D eigenvalue weighted by Crippen LogP contribution is 2.19. The number of rotatable bonds is 2. The summed E-state index contributed by atoms with van der Waals surface area (Å²) in [5.41, 5.74) is 7.49. The Kier molecular flexibility index (Phi) is 4.33. The first kappa shape index (κ1) is 14.9. The minimum atomic E-state index is -0.279. The number of carbonyl (C=O) groups is 1. The summed E-state index contributed by atoms with van der Waals surface area (Å²) in [5.74, 6) is 0.254. The molecule has 0 radical (unpaired) electrons. The summed E-state index contributed by atoms with van der Waals surface area (Å²) >= 11 is 0. The lowest BCUT2D eigenvalue weighted by atomic mass is 9.94. The monoisotopic (exact) mass is 275 g/mol. The van der Waals surface area contributed by atoms with Crippen LogP contribution in [-0.2, 0) is 11.3 Å². The highest BCUT2D eigenvalue weighted by atomic mass is 16.2. The number of nitrogens with two attached hydrogens (primary N) is 1. The van der Waals surface area contributed by atoms with E-state index in [9.17, 15) is 4.79 Å². The Balaban J connectivity index is 1.85. The normalized spacial score (nSPS) is 17.2. The zero-order valence-electron chi connectivity index (χ0n) is 12.7. The van der Waals surface area contributed by atoms with Crippen LogP contribution in [0.3, 0.4) is 0 Å². The SMILES string of the molecule is CC(C)(C)C(=O)N1CCN(Cc2ccc(N)cc2)CC1. The molecule has 1 heterocycles. The third-order valence-corrected chi connectivity index (χ3v) is 3.69. The number of anilines is 1. The smallest absolute Gasteiger partial charge is 0.228 e. The van der Waals surface area contributed by atoms with Gasteiger partial charge in [-0.25, -0.2) is 0 Å². The molecule has 2 N–H and O–H groups in total. The van der Waals surface area contributed by atoms with Crippen LogP contribution in [0.2, 0.25) is 0 Å². The molecule has 0 aliphatic carbocycles. The first-order chi connectivity index (χ1) is 9.36. The molecule has 4 nitrogen and oxygen atoms in total. The number of piperazine rings is 1. The van der Waals surface area contributed by atoms with E-state index < -0.39 is 0 Å². The second-order valence-electron chi connectivity index (χ2n) is 6.56. The van der Waals surface area contributed by atoms with Crippen LogP contribution in [0, 0.1) is 5.41 Å². The molecule has 1 aliphatic rings. The fraction of sp³-hybridized carbons (Fsp3) is 0.562. The van der Waals surface area contributed by atoms with E-state index in [4.69, 9.17) is 5.73 Å². The summed E-state index contributed by atoms with van der Waals surface area (Å²) < 4.78 is 0.